The summed E-state index contributed by atoms with van der Waals surface area (Å²) in [7, 11) is 1.30. The van der Waals surface area contributed by atoms with Gasteiger partial charge < -0.3 is 9.72 Å². The first-order valence-electron chi connectivity index (χ1n) is 5.58. The molecule has 0 spiro atoms. The molecule has 0 bridgehead atoms. The Morgan fingerprint density at radius 1 is 1.44 bits per heavy atom. The number of hydrogen-bond acceptors (Lipinski definition) is 3. The van der Waals surface area contributed by atoms with E-state index in [1.54, 1.807) is 6.21 Å². The standard InChI is InChI=1S/C13H15N3O2/c1-8-4-5-12-10(6-8)11(9(2)15-12)7-14-16-13(17)18-3/h4-7,15H,1-3H3,(H,16,17)/b14-7+. The summed E-state index contributed by atoms with van der Waals surface area (Å²) in [6.45, 7) is 4.00. The van der Waals surface area contributed by atoms with Crippen LogP contribution >= 0.6 is 0 Å². The van der Waals surface area contributed by atoms with Crippen LogP contribution in [-0.4, -0.2) is 24.4 Å². The first kappa shape index (κ1) is 12.2. The van der Waals surface area contributed by atoms with Gasteiger partial charge in [-0.1, -0.05) is 11.6 Å². The number of hydrogen-bond donors (Lipinski definition) is 2. The molecule has 1 aromatic heterocycles. The van der Waals surface area contributed by atoms with Crippen LogP contribution in [0.4, 0.5) is 4.79 Å². The minimum absolute atomic E-state index is 0.583. The van der Waals surface area contributed by atoms with Crippen LogP contribution < -0.4 is 5.43 Å². The SMILES string of the molecule is COC(=O)N/N=C/c1c(C)[nH]c2ccc(C)cc12. The number of amides is 1. The summed E-state index contributed by atoms with van der Waals surface area (Å²) in [5, 5.41) is 4.94. The topological polar surface area (TPSA) is 66.5 Å². The summed E-state index contributed by atoms with van der Waals surface area (Å²) in [6.07, 6.45) is 1.03. The third kappa shape index (κ3) is 2.34. The number of nitrogens with one attached hydrogen (secondary N) is 2. The van der Waals surface area contributed by atoms with Crippen molar-refractivity contribution in [1.82, 2.24) is 10.4 Å². The van der Waals surface area contributed by atoms with Crippen molar-refractivity contribution in [2.75, 3.05) is 7.11 Å². The van der Waals surface area contributed by atoms with Crippen molar-refractivity contribution >= 4 is 23.2 Å². The summed E-state index contributed by atoms with van der Waals surface area (Å²) in [5.74, 6) is 0. The molecule has 0 atom stereocenters. The van der Waals surface area contributed by atoms with Crippen LogP contribution in [0, 0.1) is 13.8 Å². The number of hydrazone groups is 1. The molecule has 18 heavy (non-hydrogen) atoms. The van der Waals surface area contributed by atoms with Crippen molar-refractivity contribution in [3.8, 4) is 0 Å². The highest BCUT2D eigenvalue weighted by Crippen LogP contribution is 2.21. The zero-order valence-electron chi connectivity index (χ0n) is 10.6. The van der Waals surface area contributed by atoms with Gasteiger partial charge in [0.15, 0.2) is 0 Å². The number of H-pyrrole nitrogens is 1. The molecule has 0 unspecified atom stereocenters. The quantitative estimate of drug-likeness (QED) is 0.630. The van der Waals surface area contributed by atoms with E-state index in [4.69, 9.17) is 0 Å². The molecule has 2 aromatic rings. The molecule has 1 amide bonds. The highest BCUT2D eigenvalue weighted by atomic mass is 16.5. The van der Waals surface area contributed by atoms with Crippen molar-refractivity contribution in [3.63, 3.8) is 0 Å². The first-order valence-corrected chi connectivity index (χ1v) is 5.58. The van der Waals surface area contributed by atoms with Crippen molar-refractivity contribution in [2.45, 2.75) is 13.8 Å². The predicted molar refractivity (Wildman–Crippen MR) is 70.9 cm³/mol. The summed E-state index contributed by atoms with van der Waals surface area (Å²) in [4.78, 5) is 14.2. The molecule has 94 valence electrons. The van der Waals surface area contributed by atoms with Gasteiger partial charge in [-0.3, -0.25) is 0 Å². The maximum Gasteiger partial charge on any atom is 0.427 e. The van der Waals surface area contributed by atoms with Gasteiger partial charge in [0.1, 0.15) is 0 Å². The fourth-order valence-electron chi connectivity index (χ4n) is 1.82. The van der Waals surface area contributed by atoms with Crippen LogP contribution in [0.3, 0.4) is 0 Å². The zero-order chi connectivity index (χ0) is 13.1. The Balaban J connectivity index is 2.35. The summed E-state index contributed by atoms with van der Waals surface area (Å²) < 4.78 is 4.43. The van der Waals surface area contributed by atoms with Gasteiger partial charge in [0, 0.05) is 22.2 Å². The molecule has 1 heterocycles. The van der Waals surface area contributed by atoms with E-state index in [1.807, 2.05) is 26.0 Å². The fourth-order valence-corrected chi connectivity index (χ4v) is 1.82. The lowest BCUT2D eigenvalue weighted by Gasteiger charge is -1.97. The van der Waals surface area contributed by atoms with Crippen molar-refractivity contribution in [1.29, 1.82) is 0 Å². The van der Waals surface area contributed by atoms with Crippen LogP contribution in [-0.2, 0) is 4.74 Å². The van der Waals surface area contributed by atoms with Gasteiger partial charge in [-0.2, -0.15) is 5.10 Å². The van der Waals surface area contributed by atoms with E-state index in [-0.39, 0.29) is 0 Å². The molecule has 5 nitrogen and oxygen atoms in total. The third-order valence-corrected chi connectivity index (χ3v) is 2.73. The molecular formula is C13H15N3O2. The predicted octanol–water partition coefficient (Wildman–Crippen LogP) is 2.47. The van der Waals surface area contributed by atoms with E-state index >= 15 is 0 Å². The monoisotopic (exact) mass is 245 g/mol. The summed E-state index contributed by atoms with van der Waals surface area (Å²) in [6, 6.07) is 6.16. The van der Waals surface area contributed by atoms with Crippen molar-refractivity contribution < 1.29 is 9.53 Å². The number of rotatable bonds is 2. The fraction of sp³-hybridized carbons (Fsp3) is 0.231. The molecule has 0 aliphatic carbocycles. The maximum atomic E-state index is 10.9. The number of nitrogens with zero attached hydrogens (tertiary/aromatic N) is 1. The highest BCUT2D eigenvalue weighted by molar-refractivity contribution is 6.01. The Morgan fingerprint density at radius 2 is 2.22 bits per heavy atom. The first-order chi connectivity index (χ1) is 8.61. The molecule has 0 radical (unpaired) electrons. The average Bonchev–Trinajstić information content (AvgIpc) is 2.65. The van der Waals surface area contributed by atoms with Gasteiger partial charge in [-0.05, 0) is 26.0 Å². The second kappa shape index (κ2) is 4.91. The molecule has 2 N–H and O–H groups in total. The molecular weight excluding hydrogens is 230 g/mol. The van der Waals surface area contributed by atoms with Gasteiger partial charge >= 0.3 is 6.09 Å². The Morgan fingerprint density at radius 3 is 2.94 bits per heavy atom. The lowest BCUT2D eigenvalue weighted by Crippen LogP contribution is -2.16. The van der Waals surface area contributed by atoms with Crippen molar-refractivity contribution in [2.24, 2.45) is 5.10 Å². The van der Waals surface area contributed by atoms with E-state index in [0.717, 1.165) is 22.2 Å². The van der Waals surface area contributed by atoms with Crippen LogP contribution in [0.1, 0.15) is 16.8 Å². The number of ether oxygens (including phenoxy) is 1. The smallest absolute Gasteiger partial charge is 0.427 e. The number of aromatic amines is 1. The lowest BCUT2D eigenvalue weighted by molar-refractivity contribution is 0.171. The van der Waals surface area contributed by atoms with Gasteiger partial charge in [-0.25, -0.2) is 10.2 Å². The Hall–Kier alpha value is -2.30. The molecule has 0 aliphatic rings. The molecule has 1 aromatic carbocycles. The minimum atomic E-state index is -0.583. The van der Waals surface area contributed by atoms with E-state index in [2.05, 4.69) is 26.3 Å². The highest BCUT2D eigenvalue weighted by Gasteiger charge is 2.06. The second-order valence-corrected chi connectivity index (χ2v) is 4.07. The number of carbonyl (C=O) groups excluding carboxylic acids is 1. The van der Waals surface area contributed by atoms with E-state index in [1.165, 1.54) is 12.7 Å². The largest absolute Gasteiger partial charge is 0.452 e. The Labute approximate surface area is 105 Å². The summed E-state index contributed by atoms with van der Waals surface area (Å²) >= 11 is 0. The van der Waals surface area contributed by atoms with E-state index < -0.39 is 6.09 Å². The van der Waals surface area contributed by atoms with Crippen LogP contribution in [0.15, 0.2) is 23.3 Å². The Kier molecular flexibility index (Phi) is 3.32. The zero-order valence-corrected chi connectivity index (χ0v) is 10.6. The van der Waals surface area contributed by atoms with Crippen LogP contribution in [0.2, 0.25) is 0 Å². The molecule has 2 rings (SSSR count). The molecule has 5 heteroatoms. The van der Waals surface area contributed by atoms with Gasteiger partial charge in [0.2, 0.25) is 0 Å². The van der Waals surface area contributed by atoms with E-state index in [0.29, 0.717) is 0 Å². The van der Waals surface area contributed by atoms with Gasteiger partial charge in [-0.15, -0.1) is 0 Å². The number of aromatic nitrogens is 1. The van der Waals surface area contributed by atoms with E-state index in [9.17, 15) is 4.79 Å². The normalized spacial score (nSPS) is 11.1. The summed E-state index contributed by atoms with van der Waals surface area (Å²) in [5.41, 5.74) is 6.47. The van der Waals surface area contributed by atoms with Crippen LogP contribution in [0.5, 0.6) is 0 Å². The average molecular weight is 245 g/mol. The number of benzene rings is 1. The minimum Gasteiger partial charge on any atom is -0.452 e. The third-order valence-electron chi connectivity index (χ3n) is 2.73. The van der Waals surface area contributed by atoms with Gasteiger partial charge in [0.05, 0.1) is 13.3 Å². The molecule has 0 fully saturated rings. The number of fused-ring (bicyclic) bond motifs is 1. The Bertz CT molecular complexity index is 614. The number of carbonyl (C=O) groups is 1. The lowest BCUT2D eigenvalue weighted by atomic mass is 10.1. The number of aryl methyl sites for hydroxylation is 2. The number of methoxy groups -OCH3 is 1. The van der Waals surface area contributed by atoms with Gasteiger partial charge in [0.25, 0.3) is 0 Å². The van der Waals surface area contributed by atoms with Crippen molar-refractivity contribution in [3.05, 3.63) is 35.0 Å². The second-order valence-electron chi connectivity index (χ2n) is 4.07. The maximum absolute atomic E-state index is 10.9. The molecule has 0 saturated heterocycles. The molecule has 0 aliphatic heterocycles. The molecule has 0 saturated carbocycles. The van der Waals surface area contributed by atoms with Crippen LogP contribution in [0.25, 0.3) is 10.9 Å².